The Bertz CT molecular complexity index is 861. The van der Waals surface area contributed by atoms with Crippen LogP contribution in [0, 0.1) is 0 Å². The third-order valence-corrected chi connectivity index (χ3v) is 6.08. The monoisotopic (exact) mass is 418 g/mol. The van der Waals surface area contributed by atoms with Crippen LogP contribution in [-0.2, 0) is 0 Å². The summed E-state index contributed by atoms with van der Waals surface area (Å²) in [6.07, 6.45) is 0. The van der Waals surface area contributed by atoms with Crippen LogP contribution in [0.15, 0.2) is 46.2 Å². The van der Waals surface area contributed by atoms with E-state index in [0.717, 1.165) is 48.4 Å². The molecule has 6 nitrogen and oxygen atoms in total. The molecule has 8 heteroatoms. The van der Waals surface area contributed by atoms with E-state index < -0.39 is 0 Å². The van der Waals surface area contributed by atoms with Gasteiger partial charge in [0.1, 0.15) is 12.4 Å². The zero-order valence-corrected chi connectivity index (χ0v) is 17.3. The first kappa shape index (κ1) is 19.4. The molecule has 4 rings (SSSR count). The summed E-state index contributed by atoms with van der Waals surface area (Å²) in [5.74, 6) is 2.15. The van der Waals surface area contributed by atoms with Crippen LogP contribution in [0.1, 0.15) is 18.9 Å². The second-order valence-electron chi connectivity index (χ2n) is 6.78. The predicted molar refractivity (Wildman–Crippen MR) is 111 cm³/mol. The molecule has 3 aromatic rings. The van der Waals surface area contributed by atoms with Crippen molar-refractivity contribution < 1.29 is 9.15 Å². The van der Waals surface area contributed by atoms with Gasteiger partial charge in [-0.05, 0) is 42.6 Å². The minimum atomic E-state index is 0.119. The van der Waals surface area contributed by atoms with Gasteiger partial charge < -0.3 is 9.15 Å². The topological polar surface area (TPSA) is 54.6 Å². The van der Waals surface area contributed by atoms with Crippen molar-refractivity contribution in [3.05, 3.63) is 52.7 Å². The van der Waals surface area contributed by atoms with Gasteiger partial charge in [-0.25, -0.2) is 0 Å². The fourth-order valence-electron chi connectivity index (χ4n) is 3.26. The molecule has 148 valence electrons. The van der Waals surface area contributed by atoms with Gasteiger partial charge in [0, 0.05) is 37.7 Å². The van der Waals surface area contributed by atoms with Gasteiger partial charge in [-0.2, -0.15) is 0 Å². The summed E-state index contributed by atoms with van der Waals surface area (Å²) in [4.78, 5) is 5.82. The molecule has 0 saturated carbocycles. The SMILES string of the molecule is C[C@@H](c1nnc(-c2cccs2)o1)N1CCN(CCOc2ccc(Cl)cc2)CC1. The fourth-order valence-corrected chi connectivity index (χ4v) is 4.03. The first-order chi connectivity index (χ1) is 13.7. The lowest BCUT2D eigenvalue weighted by Crippen LogP contribution is -2.48. The smallest absolute Gasteiger partial charge is 0.257 e. The van der Waals surface area contributed by atoms with Gasteiger partial charge in [-0.3, -0.25) is 9.80 Å². The van der Waals surface area contributed by atoms with E-state index in [4.69, 9.17) is 20.8 Å². The Morgan fingerprint density at radius 3 is 2.64 bits per heavy atom. The van der Waals surface area contributed by atoms with E-state index in [1.807, 2.05) is 41.8 Å². The zero-order valence-electron chi connectivity index (χ0n) is 15.8. The van der Waals surface area contributed by atoms with E-state index in [0.29, 0.717) is 18.4 Å². The Balaban J connectivity index is 1.23. The molecule has 0 radical (unpaired) electrons. The molecule has 2 aromatic heterocycles. The van der Waals surface area contributed by atoms with Gasteiger partial charge in [0.15, 0.2) is 0 Å². The van der Waals surface area contributed by atoms with Crippen molar-refractivity contribution in [3.63, 3.8) is 0 Å². The molecule has 0 aliphatic carbocycles. The number of ether oxygens (including phenoxy) is 1. The second kappa shape index (κ2) is 9.05. The lowest BCUT2D eigenvalue weighted by Gasteiger charge is -2.36. The van der Waals surface area contributed by atoms with E-state index in [-0.39, 0.29) is 6.04 Å². The first-order valence-corrected chi connectivity index (χ1v) is 10.7. The van der Waals surface area contributed by atoms with Crippen LogP contribution < -0.4 is 4.74 Å². The van der Waals surface area contributed by atoms with Crippen LogP contribution >= 0.6 is 22.9 Å². The van der Waals surface area contributed by atoms with E-state index >= 15 is 0 Å². The van der Waals surface area contributed by atoms with Crippen molar-refractivity contribution in [2.75, 3.05) is 39.3 Å². The highest BCUT2D eigenvalue weighted by Crippen LogP contribution is 2.27. The number of halogens is 1. The summed E-state index contributed by atoms with van der Waals surface area (Å²) >= 11 is 7.50. The van der Waals surface area contributed by atoms with Gasteiger partial charge in [0.25, 0.3) is 5.89 Å². The predicted octanol–water partition coefficient (Wildman–Crippen LogP) is 4.21. The molecule has 1 fully saturated rings. The van der Waals surface area contributed by atoms with Crippen LogP contribution in [0.3, 0.4) is 0 Å². The van der Waals surface area contributed by atoms with Gasteiger partial charge in [-0.1, -0.05) is 17.7 Å². The number of hydrogen-bond acceptors (Lipinski definition) is 7. The minimum Gasteiger partial charge on any atom is -0.492 e. The second-order valence-corrected chi connectivity index (χ2v) is 8.16. The highest BCUT2D eigenvalue weighted by Gasteiger charge is 2.25. The van der Waals surface area contributed by atoms with Crippen molar-refractivity contribution in [3.8, 4) is 16.5 Å². The maximum Gasteiger partial charge on any atom is 0.257 e. The number of aromatic nitrogens is 2. The van der Waals surface area contributed by atoms with Crippen molar-refractivity contribution in [1.82, 2.24) is 20.0 Å². The Labute approximate surface area is 173 Å². The number of nitrogens with zero attached hydrogens (tertiary/aromatic N) is 4. The summed E-state index contributed by atoms with van der Waals surface area (Å²) < 4.78 is 11.7. The maximum atomic E-state index is 5.90. The average Bonchev–Trinajstić information content (AvgIpc) is 3.41. The van der Waals surface area contributed by atoms with Crippen molar-refractivity contribution in [1.29, 1.82) is 0 Å². The summed E-state index contributed by atoms with van der Waals surface area (Å²) in [7, 11) is 0. The lowest BCUT2D eigenvalue weighted by atomic mass is 10.2. The lowest BCUT2D eigenvalue weighted by molar-refractivity contribution is 0.0827. The summed E-state index contributed by atoms with van der Waals surface area (Å²) in [6.45, 7) is 7.65. The minimum absolute atomic E-state index is 0.119. The molecule has 1 aliphatic heterocycles. The van der Waals surface area contributed by atoms with E-state index in [9.17, 15) is 0 Å². The number of benzene rings is 1. The number of piperazine rings is 1. The Kier molecular flexibility index (Phi) is 6.26. The summed E-state index contributed by atoms with van der Waals surface area (Å²) in [5.41, 5.74) is 0. The third kappa shape index (κ3) is 4.72. The van der Waals surface area contributed by atoms with Crippen LogP contribution in [-0.4, -0.2) is 59.3 Å². The molecule has 1 atom stereocenters. The molecular weight excluding hydrogens is 396 g/mol. The molecular formula is C20H23ClN4O2S. The molecule has 1 aliphatic rings. The quantitative estimate of drug-likeness (QED) is 0.573. The Morgan fingerprint density at radius 2 is 1.93 bits per heavy atom. The molecule has 28 heavy (non-hydrogen) atoms. The molecule has 0 unspecified atom stereocenters. The third-order valence-electron chi connectivity index (χ3n) is 4.97. The molecule has 0 N–H and O–H groups in total. The van der Waals surface area contributed by atoms with Crippen molar-refractivity contribution >= 4 is 22.9 Å². The fraction of sp³-hybridized carbons (Fsp3) is 0.400. The zero-order chi connectivity index (χ0) is 19.3. The molecule has 0 bridgehead atoms. The standard InChI is InChI=1S/C20H23ClN4O2S/c1-15(19-22-23-20(27-19)18-3-2-14-28-18)25-10-8-24(9-11-25)12-13-26-17-6-4-16(21)5-7-17/h2-7,14-15H,8-13H2,1H3/t15-/m0/s1. The Hall–Kier alpha value is -1.93. The van der Waals surface area contributed by atoms with E-state index in [2.05, 4.69) is 26.9 Å². The molecule has 3 heterocycles. The highest BCUT2D eigenvalue weighted by atomic mass is 35.5. The van der Waals surface area contributed by atoms with Gasteiger partial charge in [0.05, 0.1) is 10.9 Å². The molecule has 1 aromatic carbocycles. The summed E-state index contributed by atoms with van der Waals surface area (Å²) in [6, 6.07) is 11.6. The van der Waals surface area contributed by atoms with Crippen LogP contribution in [0.25, 0.3) is 10.8 Å². The van der Waals surface area contributed by atoms with Gasteiger partial charge >= 0.3 is 0 Å². The molecule has 0 spiro atoms. The van der Waals surface area contributed by atoms with Crippen molar-refractivity contribution in [2.24, 2.45) is 0 Å². The van der Waals surface area contributed by atoms with Crippen LogP contribution in [0.4, 0.5) is 0 Å². The van der Waals surface area contributed by atoms with Crippen LogP contribution in [0.5, 0.6) is 5.75 Å². The average molecular weight is 419 g/mol. The number of hydrogen-bond donors (Lipinski definition) is 0. The maximum absolute atomic E-state index is 5.90. The highest BCUT2D eigenvalue weighted by molar-refractivity contribution is 7.13. The van der Waals surface area contributed by atoms with Gasteiger partial charge in [-0.15, -0.1) is 21.5 Å². The summed E-state index contributed by atoms with van der Waals surface area (Å²) in [5, 5.41) is 11.2. The molecule has 0 amide bonds. The van der Waals surface area contributed by atoms with Crippen LogP contribution in [0.2, 0.25) is 5.02 Å². The number of thiophene rings is 1. The Morgan fingerprint density at radius 1 is 1.14 bits per heavy atom. The molecule has 1 saturated heterocycles. The number of rotatable bonds is 7. The van der Waals surface area contributed by atoms with E-state index in [1.54, 1.807) is 11.3 Å². The largest absolute Gasteiger partial charge is 0.492 e. The van der Waals surface area contributed by atoms with E-state index in [1.165, 1.54) is 0 Å². The first-order valence-electron chi connectivity index (χ1n) is 9.41. The normalized spacial score (nSPS) is 16.9. The van der Waals surface area contributed by atoms with Crippen molar-refractivity contribution in [2.45, 2.75) is 13.0 Å². The van der Waals surface area contributed by atoms with Gasteiger partial charge in [0.2, 0.25) is 5.89 Å².